The van der Waals surface area contributed by atoms with Crippen molar-refractivity contribution in [1.29, 1.82) is 0 Å². The second-order valence-corrected chi connectivity index (χ2v) is 8.02. The number of methoxy groups -OCH3 is 3. The van der Waals surface area contributed by atoms with Crippen LogP contribution in [0.3, 0.4) is 0 Å². The van der Waals surface area contributed by atoms with Crippen LogP contribution in [-0.4, -0.2) is 49.4 Å². The Bertz CT molecular complexity index is 1170. The number of hydrogen-bond acceptors (Lipinski definition) is 5. The Morgan fingerprint density at radius 1 is 0.900 bits per heavy atom. The molecule has 2 heterocycles. The Hall–Kier alpha value is -2.99. The van der Waals surface area contributed by atoms with E-state index in [-0.39, 0.29) is 11.9 Å². The summed E-state index contributed by atoms with van der Waals surface area (Å²) in [5, 5.41) is 14.9. The summed E-state index contributed by atoms with van der Waals surface area (Å²) in [6, 6.07) is 9.88. The first kappa shape index (κ1) is 19.0. The van der Waals surface area contributed by atoms with E-state index < -0.39 is 6.10 Å². The molecule has 0 spiro atoms. The quantitative estimate of drug-likeness (QED) is 0.674. The van der Waals surface area contributed by atoms with Crippen molar-refractivity contribution in [2.45, 2.75) is 38.0 Å². The fourth-order valence-corrected chi connectivity index (χ4v) is 5.06. The second kappa shape index (κ2) is 7.06. The van der Waals surface area contributed by atoms with Gasteiger partial charge in [-0.15, -0.1) is 0 Å². The van der Waals surface area contributed by atoms with Gasteiger partial charge in [-0.25, -0.2) is 0 Å². The smallest absolute Gasteiger partial charge is 0.223 e. The van der Waals surface area contributed by atoms with Gasteiger partial charge in [0.05, 0.1) is 33.5 Å². The van der Waals surface area contributed by atoms with Gasteiger partial charge < -0.3 is 24.2 Å². The first-order valence-electron chi connectivity index (χ1n) is 10.2. The van der Waals surface area contributed by atoms with Crippen LogP contribution in [0.25, 0.3) is 21.5 Å². The molecule has 30 heavy (non-hydrogen) atoms. The van der Waals surface area contributed by atoms with Crippen LogP contribution < -0.4 is 14.2 Å². The Kier molecular flexibility index (Phi) is 4.47. The molecule has 0 saturated carbocycles. The predicted molar refractivity (Wildman–Crippen MR) is 114 cm³/mol. The van der Waals surface area contributed by atoms with Gasteiger partial charge in [0.15, 0.2) is 11.5 Å². The SMILES string of the molecule is COc1ccc2c3c(c4cc(OC)c(OC)cc4c2c1)C[C@H]1C(O)CCC(=O)N1C3. The zero-order chi connectivity index (χ0) is 21.0. The van der Waals surface area contributed by atoms with Gasteiger partial charge >= 0.3 is 0 Å². The highest BCUT2D eigenvalue weighted by Crippen LogP contribution is 2.44. The van der Waals surface area contributed by atoms with Gasteiger partial charge in [-0.2, -0.15) is 0 Å². The molecule has 1 fully saturated rings. The van der Waals surface area contributed by atoms with E-state index in [9.17, 15) is 9.90 Å². The lowest BCUT2D eigenvalue weighted by Gasteiger charge is -2.43. The molecule has 1 N–H and O–H groups in total. The van der Waals surface area contributed by atoms with Gasteiger partial charge in [0, 0.05) is 13.0 Å². The van der Waals surface area contributed by atoms with Gasteiger partial charge in [-0.1, -0.05) is 6.07 Å². The van der Waals surface area contributed by atoms with Crippen LogP contribution >= 0.6 is 0 Å². The molecule has 2 aliphatic rings. The maximum Gasteiger partial charge on any atom is 0.223 e. The average molecular weight is 407 g/mol. The number of fused-ring (bicyclic) bond motifs is 7. The Balaban J connectivity index is 1.85. The maximum absolute atomic E-state index is 12.6. The molecule has 0 aromatic heterocycles. The van der Waals surface area contributed by atoms with Crippen molar-refractivity contribution in [3.05, 3.63) is 41.5 Å². The third-order valence-electron chi connectivity index (χ3n) is 6.62. The number of aliphatic hydroxyl groups is 1. The van der Waals surface area contributed by atoms with Crippen molar-refractivity contribution in [3.8, 4) is 17.2 Å². The van der Waals surface area contributed by atoms with Gasteiger partial charge in [0.2, 0.25) is 5.91 Å². The lowest BCUT2D eigenvalue weighted by molar-refractivity contribution is -0.143. The standard InChI is InChI=1S/C24H25NO5/c1-28-13-4-5-14-15(8-13)17-10-22(29-2)23(30-3)11-18(17)16-9-20-21(26)6-7-24(27)25(20)12-19(14)16/h4-5,8,10-11,20-21,26H,6-7,9,12H2,1-3H3/t20-,21?/m0/s1. The Labute approximate surface area is 174 Å². The molecule has 2 aliphatic heterocycles. The number of nitrogens with zero attached hydrogens (tertiary/aromatic N) is 1. The largest absolute Gasteiger partial charge is 0.497 e. The lowest BCUT2D eigenvalue weighted by Crippen LogP contribution is -2.54. The van der Waals surface area contributed by atoms with Crippen molar-refractivity contribution in [2.75, 3.05) is 21.3 Å². The third-order valence-corrected chi connectivity index (χ3v) is 6.62. The highest BCUT2D eigenvalue weighted by atomic mass is 16.5. The summed E-state index contributed by atoms with van der Waals surface area (Å²) in [5.74, 6) is 2.22. The van der Waals surface area contributed by atoms with Crippen molar-refractivity contribution >= 4 is 27.5 Å². The van der Waals surface area contributed by atoms with Crippen LogP contribution in [0.5, 0.6) is 17.2 Å². The summed E-state index contributed by atoms with van der Waals surface area (Å²) in [6.07, 6.45) is 1.04. The van der Waals surface area contributed by atoms with Crippen LogP contribution in [0.1, 0.15) is 24.0 Å². The molecule has 5 rings (SSSR count). The van der Waals surface area contributed by atoms with Crippen molar-refractivity contribution < 1.29 is 24.1 Å². The molecule has 1 amide bonds. The first-order valence-corrected chi connectivity index (χ1v) is 10.2. The van der Waals surface area contributed by atoms with Crippen LogP contribution in [0.15, 0.2) is 30.3 Å². The molecule has 3 aromatic carbocycles. The van der Waals surface area contributed by atoms with E-state index in [1.165, 1.54) is 5.56 Å². The number of piperidine rings is 1. The molecule has 2 atom stereocenters. The van der Waals surface area contributed by atoms with E-state index in [1.54, 1.807) is 21.3 Å². The minimum absolute atomic E-state index is 0.116. The van der Waals surface area contributed by atoms with E-state index in [1.807, 2.05) is 29.2 Å². The normalized spacial score (nSPS) is 20.8. The van der Waals surface area contributed by atoms with Gasteiger partial charge in [-0.3, -0.25) is 4.79 Å². The summed E-state index contributed by atoms with van der Waals surface area (Å²) in [6.45, 7) is 0.503. The molecule has 1 saturated heterocycles. The minimum Gasteiger partial charge on any atom is -0.497 e. The van der Waals surface area contributed by atoms with E-state index in [4.69, 9.17) is 14.2 Å². The molecule has 0 aliphatic carbocycles. The fraction of sp³-hybridized carbons (Fsp3) is 0.375. The molecule has 0 radical (unpaired) electrons. The van der Waals surface area contributed by atoms with E-state index >= 15 is 0 Å². The summed E-state index contributed by atoms with van der Waals surface area (Å²) in [7, 11) is 4.92. The first-order chi connectivity index (χ1) is 14.5. The Morgan fingerprint density at radius 2 is 1.60 bits per heavy atom. The topological polar surface area (TPSA) is 68.2 Å². The highest BCUT2D eigenvalue weighted by molar-refractivity contribution is 6.12. The number of rotatable bonds is 3. The third kappa shape index (κ3) is 2.70. The van der Waals surface area contributed by atoms with Crippen molar-refractivity contribution in [1.82, 2.24) is 4.90 Å². The minimum atomic E-state index is -0.502. The molecular formula is C24H25NO5. The summed E-state index contributed by atoms with van der Waals surface area (Å²) < 4.78 is 16.6. The number of ether oxygens (including phenoxy) is 3. The maximum atomic E-state index is 12.6. The zero-order valence-corrected chi connectivity index (χ0v) is 17.4. The van der Waals surface area contributed by atoms with Gasteiger partial charge in [-0.05, 0) is 69.8 Å². The van der Waals surface area contributed by atoms with Crippen LogP contribution in [-0.2, 0) is 17.8 Å². The molecule has 6 heteroatoms. The summed E-state index contributed by atoms with van der Waals surface area (Å²) in [5.41, 5.74) is 2.30. The predicted octanol–water partition coefficient (Wildman–Crippen LogP) is 3.43. The fourth-order valence-electron chi connectivity index (χ4n) is 5.06. The molecule has 1 unspecified atom stereocenters. The lowest BCUT2D eigenvalue weighted by atomic mass is 9.81. The molecule has 0 bridgehead atoms. The van der Waals surface area contributed by atoms with Crippen LogP contribution in [0.4, 0.5) is 0 Å². The van der Waals surface area contributed by atoms with Crippen molar-refractivity contribution in [2.24, 2.45) is 0 Å². The van der Waals surface area contributed by atoms with Crippen molar-refractivity contribution in [3.63, 3.8) is 0 Å². The monoisotopic (exact) mass is 407 g/mol. The highest BCUT2D eigenvalue weighted by Gasteiger charge is 2.39. The van der Waals surface area contributed by atoms with Crippen LogP contribution in [0, 0.1) is 0 Å². The summed E-state index contributed by atoms with van der Waals surface area (Å²) >= 11 is 0. The summed E-state index contributed by atoms with van der Waals surface area (Å²) in [4.78, 5) is 14.5. The number of amides is 1. The van der Waals surface area contributed by atoms with Gasteiger partial charge in [0.25, 0.3) is 0 Å². The molecular weight excluding hydrogens is 382 g/mol. The van der Waals surface area contributed by atoms with E-state index in [0.717, 1.165) is 32.9 Å². The van der Waals surface area contributed by atoms with Gasteiger partial charge in [0.1, 0.15) is 5.75 Å². The van der Waals surface area contributed by atoms with E-state index in [2.05, 4.69) is 6.07 Å². The molecule has 156 valence electrons. The zero-order valence-electron chi connectivity index (χ0n) is 17.4. The average Bonchev–Trinajstić information content (AvgIpc) is 2.79. The number of hydrogen-bond donors (Lipinski definition) is 1. The van der Waals surface area contributed by atoms with E-state index in [0.29, 0.717) is 37.3 Å². The second-order valence-electron chi connectivity index (χ2n) is 8.02. The molecule has 6 nitrogen and oxygen atoms in total. The van der Waals surface area contributed by atoms with Crippen LogP contribution in [0.2, 0.25) is 0 Å². The Morgan fingerprint density at radius 3 is 2.30 bits per heavy atom. The number of carbonyl (C=O) groups excluding carboxylic acids is 1. The number of aliphatic hydroxyl groups excluding tert-OH is 1. The molecule has 3 aromatic rings. The number of carbonyl (C=O) groups is 1. The number of benzene rings is 3.